The van der Waals surface area contributed by atoms with E-state index in [1.54, 1.807) is 0 Å². The molecule has 1 aromatic heterocycles. The van der Waals surface area contributed by atoms with Crippen LogP contribution in [0.3, 0.4) is 0 Å². The van der Waals surface area contributed by atoms with Gasteiger partial charge in [0.05, 0.1) is 16.0 Å². The Hall–Kier alpha value is -3.72. The van der Waals surface area contributed by atoms with Crippen LogP contribution in [0.2, 0.25) is 0 Å². The Morgan fingerprint density at radius 1 is 0.929 bits per heavy atom. The van der Waals surface area contributed by atoms with Gasteiger partial charge >= 0.3 is 0 Å². The van der Waals surface area contributed by atoms with E-state index in [1.807, 2.05) is 0 Å². The molecule has 1 heterocycles. The average molecular weight is 398 g/mol. The number of sulfonamides is 1. The van der Waals surface area contributed by atoms with E-state index < -0.39 is 21.2 Å². The SMILES string of the molecule is Nc1ccc(S(=O)(=O)Nc2ccc3c(=O)c4c(O)cc(O)cc4oc3c2)cc1. The van der Waals surface area contributed by atoms with E-state index in [2.05, 4.69) is 4.72 Å². The van der Waals surface area contributed by atoms with Crippen molar-refractivity contribution in [2.24, 2.45) is 0 Å². The van der Waals surface area contributed by atoms with Crippen molar-refractivity contribution < 1.29 is 23.0 Å². The molecule has 4 rings (SSSR count). The molecule has 5 N–H and O–H groups in total. The first kappa shape index (κ1) is 17.7. The summed E-state index contributed by atoms with van der Waals surface area (Å²) in [6.07, 6.45) is 0. The molecule has 9 heteroatoms. The van der Waals surface area contributed by atoms with Crippen LogP contribution in [0, 0.1) is 0 Å². The predicted octanol–water partition coefficient (Wildman–Crippen LogP) is 2.74. The number of hydrogen-bond acceptors (Lipinski definition) is 7. The van der Waals surface area contributed by atoms with Gasteiger partial charge in [0.25, 0.3) is 10.0 Å². The molecule has 0 aliphatic carbocycles. The minimum absolute atomic E-state index is 0.0199. The molecule has 0 fully saturated rings. The number of anilines is 2. The maximum Gasteiger partial charge on any atom is 0.261 e. The van der Waals surface area contributed by atoms with Crippen molar-refractivity contribution in [1.82, 2.24) is 0 Å². The lowest BCUT2D eigenvalue weighted by atomic mass is 10.1. The largest absolute Gasteiger partial charge is 0.508 e. The molecule has 0 amide bonds. The number of aromatic hydroxyl groups is 2. The molecule has 0 atom stereocenters. The molecule has 0 spiro atoms. The fourth-order valence-electron chi connectivity index (χ4n) is 2.87. The lowest BCUT2D eigenvalue weighted by Gasteiger charge is -2.09. The lowest BCUT2D eigenvalue weighted by Crippen LogP contribution is -2.13. The van der Waals surface area contributed by atoms with Gasteiger partial charge in [0, 0.05) is 23.9 Å². The summed E-state index contributed by atoms with van der Waals surface area (Å²) in [6.45, 7) is 0. The van der Waals surface area contributed by atoms with Crippen molar-refractivity contribution in [2.45, 2.75) is 4.90 Å². The van der Waals surface area contributed by atoms with Gasteiger partial charge in [-0.15, -0.1) is 0 Å². The van der Waals surface area contributed by atoms with Gasteiger partial charge in [-0.1, -0.05) is 0 Å². The highest BCUT2D eigenvalue weighted by molar-refractivity contribution is 7.92. The highest BCUT2D eigenvalue weighted by Gasteiger charge is 2.17. The summed E-state index contributed by atoms with van der Waals surface area (Å²) in [5, 5.41) is 19.6. The molecule has 0 aliphatic heterocycles. The number of fused-ring (bicyclic) bond motifs is 2. The smallest absolute Gasteiger partial charge is 0.261 e. The third kappa shape index (κ3) is 2.97. The Bertz CT molecular complexity index is 1390. The maximum atomic E-state index is 12.6. The monoisotopic (exact) mass is 398 g/mol. The summed E-state index contributed by atoms with van der Waals surface area (Å²) < 4.78 is 33.0. The van der Waals surface area contributed by atoms with Gasteiger partial charge in [-0.3, -0.25) is 9.52 Å². The van der Waals surface area contributed by atoms with E-state index in [1.165, 1.54) is 48.5 Å². The molecular weight excluding hydrogens is 384 g/mol. The van der Waals surface area contributed by atoms with Gasteiger partial charge in [-0.2, -0.15) is 0 Å². The molecule has 0 saturated heterocycles. The van der Waals surface area contributed by atoms with E-state index in [9.17, 15) is 23.4 Å². The number of benzene rings is 3. The summed E-state index contributed by atoms with van der Waals surface area (Å²) in [5.74, 6) is -0.675. The van der Waals surface area contributed by atoms with Crippen LogP contribution in [-0.4, -0.2) is 18.6 Å². The second-order valence-corrected chi connectivity index (χ2v) is 7.84. The third-order valence-corrected chi connectivity index (χ3v) is 5.58. The molecule has 3 aromatic carbocycles. The van der Waals surface area contributed by atoms with Gasteiger partial charge in [-0.25, -0.2) is 8.42 Å². The molecule has 8 nitrogen and oxygen atoms in total. The number of hydrogen-bond donors (Lipinski definition) is 4. The summed E-state index contributed by atoms with van der Waals surface area (Å²) in [6, 6.07) is 12.1. The average Bonchev–Trinajstić information content (AvgIpc) is 2.61. The fourth-order valence-corrected chi connectivity index (χ4v) is 3.92. The zero-order valence-electron chi connectivity index (χ0n) is 14.2. The second-order valence-electron chi connectivity index (χ2n) is 6.15. The van der Waals surface area contributed by atoms with Gasteiger partial charge < -0.3 is 20.4 Å². The maximum absolute atomic E-state index is 12.6. The Kier molecular flexibility index (Phi) is 3.90. The standard InChI is InChI=1S/C19H14N2O6S/c20-10-1-4-13(5-2-10)28(25,26)21-11-3-6-14-16(7-11)27-17-9-12(22)8-15(23)18(17)19(14)24/h1-9,21-23H,20H2. The summed E-state index contributed by atoms with van der Waals surface area (Å²) in [5.41, 5.74) is 5.76. The zero-order valence-corrected chi connectivity index (χ0v) is 15.0. The highest BCUT2D eigenvalue weighted by Crippen LogP contribution is 2.31. The van der Waals surface area contributed by atoms with E-state index in [0.29, 0.717) is 5.69 Å². The summed E-state index contributed by atoms with van der Waals surface area (Å²) in [7, 11) is -3.87. The van der Waals surface area contributed by atoms with Crippen molar-refractivity contribution >= 4 is 43.3 Å². The highest BCUT2D eigenvalue weighted by atomic mass is 32.2. The van der Waals surface area contributed by atoms with Crippen molar-refractivity contribution in [3.63, 3.8) is 0 Å². The number of nitrogen functional groups attached to an aromatic ring is 1. The predicted molar refractivity (Wildman–Crippen MR) is 105 cm³/mol. The minimum atomic E-state index is -3.87. The van der Waals surface area contributed by atoms with Gasteiger partial charge in [0.2, 0.25) is 5.43 Å². The minimum Gasteiger partial charge on any atom is -0.508 e. The molecule has 0 bridgehead atoms. The third-order valence-electron chi connectivity index (χ3n) is 4.18. The zero-order chi connectivity index (χ0) is 20.1. The van der Waals surface area contributed by atoms with Crippen molar-refractivity contribution in [3.8, 4) is 11.5 Å². The molecule has 0 radical (unpaired) electrons. The first-order chi connectivity index (χ1) is 13.2. The van der Waals surface area contributed by atoms with E-state index in [-0.39, 0.29) is 38.3 Å². The van der Waals surface area contributed by atoms with Gasteiger partial charge in [0.1, 0.15) is 28.1 Å². The van der Waals surface area contributed by atoms with E-state index in [4.69, 9.17) is 10.2 Å². The van der Waals surface area contributed by atoms with Crippen molar-refractivity contribution in [3.05, 3.63) is 64.8 Å². The first-order valence-corrected chi connectivity index (χ1v) is 9.54. The Balaban J connectivity index is 1.82. The van der Waals surface area contributed by atoms with Crippen LogP contribution in [-0.2, 0) is 10.0 Å². The quantitative estimate of drug-likeness (QED) is 0.307. The molecule has 0 unspecified atom stereocenters. The van der Waals surface area contributed by atoms with Gasteiger partial charge in [-0.05, 0) is 36.4 Å². The lowest BCUT2D eigenvalue weighted by molar-refractivity contribution is 0.453. The van der Waals surface area contributed by atoms with E-state index in [0.717, 1.165) is 6.07 Å². The molecule has 4 aromatic rings. The van der Waals surface area contributed by atoms with Crippen LogP contribution in [0.4, 0.5) is 11.4 Å². The van der Waals surface area contributed by atoms with Crippen LogP contribution in [0.25, 0.3) is 21.9 Å². The number of nitrogens with two attached hydrogens (primary N) is 1. The molecule has 0 aliphatic rings. The Morgan fingerprint density at radius 3 is 2.36 bits per heavy atom. The number of phenolic OH excluding ortho intramolecular Hbond substituents is 2. The normalized spacial score (nSPS) is 11.7. The molecule has 142 valence electrons. The number of rotatable bonds is 3. The van der Waals surface area contributed by atoms with Crippen LogP contribution < -0.4 is 15.9 Å². The summed E-state index contributed by atoms with van der Waals surface area (Å²) in [4.78, 5) is 12.6. The fraction of sp³-hybridized carbons (Fsp3) is 0. The topological polar surface area (TPSA) is 143 Å². The van der Waals surface area contributed by atoms with Crippen molar-refractivity contribution in [1.29, 1.82) is 0 Å². The molecular formula is C19H14N2O6S. The first-order valence-electron chi connectivity index (χ1n) is 8.05. The van der Waals surface area contributed by atoms with Crippen LogP contribution >= 0.6 is 0 Å². The van der Waals surface area contributed by atoms with E-state index >= 15 is 0 Å². The Labute approximate surface area is 158 Å². The number of phenols is 2. The van der Waals surface area contributed by atoms with Crippen molar-refractivity contribution in [2.75, 3.05) is 10.5 Å². The molecule has 0 saturated carbocycles. The van der Waals surface area contributed by atoms with Crippen LogP contribution in [0.15, 0.2) is 68.7 Å². The Morgan fingerprint density at radius 2 is 1.64 bits per heavy atom. The van der Waals surface area contributed by atoms with Crippen LogP contribution in [0.5, 0.6) is 11.5 Å². The van der Waals surface area contributed by atoms with Crippen LogP contribution in [0.1, 0.15) is 0 Å². The summed E-state index contributed by atoms with van der Waals surface area (Å²) >= 11 is 0. The van der Waals surface area contributed by atoms with Gasteiger partial charge in [0.15, 0.2) is 0 Å². The molecule has 28 heavy (non-hydrogen) atoms. The number of nitrogens with one attached hydrogen (secondary N) is 1. The second kappa shape index (κ2) is 6.17.